The van der Waals surface area contributed by atoms with Crippen molar-refractivity contribution in [1.82, 2.24) is 5.32 Å². The molecule has 100 valence electrons. The third-order valence-electron chi connectivity index (χ3n) is 3.66. The Hall–Kier alpha value is -2.42. The average molecular weight is 265 g/mol. The molecule has 1 aliphatic rings. The molecule has 3 nitrogen and oxygen atoms in total. The summed E-state index contributed by atoms with van der Waals surface area (Å²) >= 11 is 0. The maximum absolute atomic E-state index is 11.8. The van der Waals surface area contributed by atoms with Crippen LogP contribution < -0.4 is 5.32 Å². The third-order valence-corrected chi connectivity index (χ3v) is 3.66. The molecule has 1 atom stereocenters. The Morgan fingerprint density at radius 2 is 1.50 bits per heavy atom. The maximum Gasteiger partial charge on any atom is 0.234 e. The fourth-order valence-corrected chi connectivity index (χ4v) is 2.55. The second-order valence-corrected chi connectivity index (χ2v) is 4.99. The summed E-state index contributed by atoms with van der Waals surface area (Å²) in [7, 11) is 0. The number of carbonyl (C=O) groups is 2. The van der Waals surface area contributed by atoms with Gasteiger partial charge in [0.15, 0.2) is 0 Å². The molecule has 20 heavy (non-hydrogen) atoms. The number of imide groups is 1. The van der Waals surface area contributed by atoms with Gasteiger partial charge in [0.2, 0.25) is 11.8 Å². The van der Waals surface area contributed by atoms with Gasteiger partial charge in [-0.1, -0.05) is 54.6 Å². The summed E-state index contributed by atoms with van der Waals surface area (Å²) in [5.41, 5.74) is 3.25. The summed E-state index contributed by atoms with van der Waals surface area (Å²) in [6, 6.07) is 18.1. The van der Waals surface area contributed by atoms with Crippen molar-refractivity contribution >= 4 is 11.8 Å². The second-order valence-electron chi connectivity index (χ2n) is 4.99. The van der Waals surface area contributed by atoms with Crippen molar-refractivity contribution in [3.05, 3.63) is 60.2 Å². The minimum Gasteiger partial charge on any atom is -0.296 e. The first-order valence-corrected chi connectivity index (χ1v) is 6.73. The van der Waals surface area contributed by atoms with Crippen LogP contribution in [0.3, 0.4) is 0 Å². The Morgan fingerprint density at radius 3 is 2.15 bits per heavy atom. The van der Waals surface area contributed by atoms with Crippen molar-refractivity contribution in [3.63, 3.8) is 0 Å². The van der Waals surface area contributed by atoms with Gasteiger partial charge in [-0.25, -0.2) is 0 Å². The predicted molar refractivity (Wildman–Crippen MR) is 77.0 cm³/mol. The highest BCUT2D eigenvalue weighted by atomic mass is 16.2. The van der Waals surface area contributed by atoms with Gasteiger partial charge in [0.1, 0.15) is 0 Å². The van der Waals surface area contributed by atoms with Crippen LogP contribution in [0.5, 0.6) is 0 Å². The van der Waals surface area contributed by atoms with E-state index in [0.29, 0.717) is 12.8 Å². The monoisotopic (exact) mass is 265 g/mol. The lowest BCUT2D eigenvalue weighted by Gasteiger charge is -2.21. The fourth-order valence-electron chi connectivity index (χ4n) is 2.55. The van der Waals surface area contributed by atoms with E-state index < -0.39 is 0 Å². The molecule has 2 aromatic carbocycles. The molecule has 1 heterocycles. The van der Waals surface area contributed by atoms with Gasteiger partial charge in [-0.3, -0.25) is 14.9 Å². The summed E-state index contributed by atoms with van der Waals surface area (Å²) in [6.07, 6.45) is 1.01. The smallest absolute Gasteiger partial charge is 0.234 e. The number of hydrogen-bond donors (Lipinski definition) is 1. The first-order valence-electron chi connectivity index (χ1n) is 6.73. The first kappa shape index (κ1) is 12.6. The summed E-state index contributed by atoms with van der Waals surface area (Å²) in [5.74, 6) is -0.571. The zero-order valence-electron chi connectivity index (χ0n) is 11.0. The molecule has 0 saturated carbocycles. The van der Waals surface area contributed by atoms with E-state index in [9.17, 15) is 9.59 Å². The molecule has 3 rings (SSSR count). The molecule has 2 aromatic rings. The van der Waals surface area contributed by atoms with Gasteiger partial charge in [-0.05, 0) is 23.1 Å². The Balaban J connectivity index is 1.83. The minimum absolute atomic E-state index is 0.174. The van der Waals surface area contributed by atoms with Gasteiger partial charge in [0.05, 0.1) is 5.92 Å². The van der Waals surface area contributed by atoms with Crippen LogP contribution >= 0.6 is 0 Å². The molecule has 3 heteroatoms. The van der Waals surface area contributed by atoms with Crippen molar-refractivity contribution < 1.29 is 9.59 Å². The van der Waals surface area contributed by atoms with E-state index in [1.165, 1.54) is 0 Å². The summed E-state index contributed by atoms with van der Waals surface area (Å²) in [4.78, 5) is 23.0. The quantitative estimate of drug-likeness (QED) is 0.849. The average Bonchev–Trinajstić information content (AvgIpc) is 2.48. The highest BCUT2D eigenvalue weighted by molar-refractivity contribution is 6.00. The molecular weight excluding hydrogens is 250 g/mol. The molecule has 0 bridgehead atoms. The lowest BCUT2D eigenvalue weighted by Crippen LogP contribution is -2.39. The Bertz CT molecular complexity index is 632. The van der Waals surface area contributed by atoms with E-state index in [2.05, 4.69) is 17.4 Å². The molecule has 0 aliphatic carbocycles. The van der Waals surface area contributed by atoms with E-state index >= 15 is 0 Å². The molecule has 0 spiro atoms. The molecule has 2 amide bonds. The van der Waals surface area contributed by atoms with E-state index in [1.54, 1.807) is 0 Å². The second kappa shape index (κ2) is 5.29. The molecule has 0 aromatic heterocycles. The number of rotatable bonds is 2. The largest absolute Gasteiger partial charge is 0.296 e. The van der Waals surface area contributed by atoms with Crippen molar-refractivity contribution in [3.8, 4) is 11.1 Å². The van der Waals surface area contributed by atoms with Gasteiger partial charge >= 0.3 is 0 Å². The van der Waals surface area contributed by atoms with Crippen molar-refractivity contribution in [2.75, 3.05) is 0 Å². The van der Waals surface area contributed by atoms with Crippen LogP contribution in [0, 0.1) is 0 Å². The topological polar surface area (TPSA) is 46.2 Å². The highest BCUT2D eigenvalue weighted by Crippen LogP contribution is 2.27. The summed E-state index contributed by atoms with van der Waals surface area (Å²) in [5, 5.41) is 2.40. The van der Waals surface area contributed by atoms with E-state index in [1.807, 2.05) is 42.5 Å². The number of amides is 2. The van der Waals surface area contributed by atoms with E-state index in [0.717, 1.165) is 16.7 Å². The molecule has 0 radical (unpaired) electrons. The van der Waals surface area contributed by atoms with Crippen molar-refractivity contribution in [2.45, 2.75) is 18.8 Å². The van der Waals surface area contributed by atoms with Crippen molar-refractivity contribution in [2.24, 2.45) is 0 Å². The van der Waals surface area contributed by atoms with Gasteiger partial charge in [-0.2, -0.15) is 0 Å². The van der Waals surface area contributed by atoms with Crippen LogP contribution in [0.1, 0.15) is 24.3 Å². The number of piperidine rings is 1. The molecule has 1 aliphatic heterocycles. The zero-order valence-corrected chi connectivity index (χ0v) is 11.0. The van der Waals surface area contributed by atoms with Crippen LogP contribution in [0.15, 0.2) is 54.6 Å². The summed E-state index contributed by atoms with van der Waals surface area (Å²) < 4.78 is 0. The Morgan fingerprint density at radius 1 is 0.850 bits per heavy atom. The predicted octanol–water partition coefficient (Wildman–Crippen LogP) is 2.87. The minimum atomic E-state index is -0.211. The van der Waals surface area contributed by atoms with E-state index in [-0.39, 0.29) is 17.7 Å². The number of carbonyl (C=O) groups excluding carboxylic acids is 2. The lowest BCUT2D eigenvalue weighted by atomic mass is 9.89. The lowest BCUT2D eigenvalue weighted by molar-refractivity contribution is -0.134. The van der Waals surface area contributed by atoms with Crippen LogP contribution in [0.25, 0.3) is 11.1 Å². The zero-order chi connectivity index (χ0) is 13.9. The van der Waals surface area contributed by atoms with Crippen LogP contribution in [-0.2, 0) is 9.59 Å². The van der Waals surface area contributed by atoms with Crippen LogP contribution in [0.4, 0.5) is 0 Å². The summed E-state index contributed by atoms with van der Waals surface area (Å²) in [6.45, 7) is 0. The highest BCUT2D eigenvalue weighted by Gasteiger charge is 2.27. The molecule has 1 saturated heterocycles. The van der Waals surface area contributed by atoms with Crippen molar-refractivity contribution in [1.29, 1.82) is 0 Å². The van der Waals surface area contributed by atoms with Crippen LogP contribution in [0.2, 0.25) is 0 Å². The molecule has 1 unspecified atom stereocenters. The van der Waals surface area contributed by atoms with Gasteiger partial charge in [0.25, 0.3) is 0 Å². The van der Waals surface area contributed by atoms with Gasteiger partial charge in [-0.15, -0.1) is 0 Å². The molecular formula is C17H15NO2. The first-order chi connectivity index (χ1) is 9.74. The SMILES string of the molecule is O=C1CCC(c2ccc(-c3ccccc3)cc2)C(=O)N1. The normalized spacial score (nSPS) is 18.7. The molecule has 1 N–H and O–H groups in total. The fraction of sp³-hybridized carbons (Fsp3) is 0.176. The Kier molecular flexibility index (Phi) is 3.33. The number of hydrogen-bond acceptors (Lipinski definition) is 2. The number of benzene rings is 2. The van der Waals surface area contributed by atoms with Gasteiger partial charge in [0, 0.05) is 6.42 Å². The maximum atomic E-state index is 11.8. The van der Waals surface area contributed by atoms with Gasteiger partial charge < -0.3 is 0 Å². The van der Waals surface area contributed by atoms with Crippen LogP contribution in [-0.4, -0.2) is 11.8 Å². The number of nitrogens with one attached hydrogen (secondary N) is 1. The van der Waals surface area contributed by atoms with E-state index in [4.69, 9.17) is 0 Å². The Labute approximate surface area is 117 Å². The third kappa shape index (κ3) is 2.48. The molecule has 1 fully saturated rings. The standard InChI is InChI=1S/C17H15NO2/c19-16-11-10-15(17(20)18-16)14-8-6-13(7-9-14)12-4-2-1-3-5-12/h1-9,15H,10-11H2,(H,18,19,20).